The number of hydrogen-bond acceptors (Lipinski definition) is 9. The van der Waals surface area contributed by atoms with Crippen LogP contribution in [0, 0.1) is 0 Å². The van der Waals surface area contributed by atoms with Gasteiger partial charge in [0, 0.05) is 0 Å². The molecule has 0 aliphatic carbocycles. The number of ether oxygens (including phenoxy) is 1. The van der Waals surface area contributed by atoms with Crippen molar-refractivity contribution in [2.24, 2.45) is 5.73 Å². The summed E-state index contributed by atoms with van der Waals surface area (Å²) >= 11 is 0. The number of nitrogens with two attached hydrogens (primary N) is 1. The van der Waals surface area contributed by atoms with Gasteiger partial charge in [0.25, 0.3) is 0 Å². The fraction of sp³-hybridized carbons (Fsp3) is 0.462. The Hall–Kier alpha value is -2.67. The number of urea groups is 1. The molecular formula is C13H16N6O6. The quantitative estimate of drug-likeness (QED) is 0.402. The number of rotatable bonds is 4. The first kappa shape index (κ1) is 17.2. The molecule has 0 bridgehead atoms. The maximum atomic E-state index is 12.3. The van der Waals surface area contributed by atoms with Gasteiger partial charge in [-0.2, -0.15) is 0 Å². The van der Waals surface area contributed by atoms with Crippen molar-refractivity contribution in [3.05, 3.63) is 12.7 Å². The number of ketones is 1. The molecule has 12 nitrogen and oxygen atoms in total. The lowest BCUT2D eigenvalue weighted by Crippen LogP contribution is -2.50. The molecule has 2 aromatic heterocycles. The molecular weight excluding hydrogens is 336 g/mol. The van der Waals surface area contributed by atoms with Crippen LogP contribution in [-0.4, -0.2) is 71.6 Å². The molecule has 12 heteroatoms. The molecule has 3 rings (SSSR count). The average Bonchev–Trinajstić information content (AvgIpc) is 3.09. The van der Waals surface area contributed by atoms with Gasteiger partial charge in [0.2, 0.25) is 5.72 Å². The third kappa shape index (κ3) is 2.42. The summed E-state index contributed by atoms with van der Waals surface area (Å²) < 4.78 is 6.64. The van der Waals surface area contributed by atoms with Gasteiger partial charge in [0.05, 0.1) is 6.61 Å². The Kier molecular flexibility index (Phi) is 4.12. The smallest absolute Gasteiger partial charge is 0.317 e. The normalized spacial score (nSPS) is 29.0. The number of fused-ring (bicyclic) bond motifs is 1. The van der Waals surface area contributed by atoms with Gasteiger partial charge in [-0.25, -0.2) is 19.7 Å². The minimum absolute atomic E-state index is 0.00157. The fourth-order valence-corrected chi connectivity index (χ4v) is 2.90. The van der Waals surface area contributed by atoms with Gasteiger partial charge in [-0.15, -0.1) is 0 Å². The van der Waals surface area contributed by atoms with E-state index >= 15 is 0 Å². The Bertz CT molecular complexity index is 840. The first-order chi connectivity index (χ1) is 11.8. The molecule has 0 unspecified atom stereocenters. The molecule has 6 N–H and O–H groups in total. The van der Waals surface area contributed by atoms with E-state index < -0.39 is 42.5 Å². The number of carbonyl (C=O) groups excluding carboxylic acids is 2. The number of amides is 2. The SMILES string of the molecule is CC(=O)[C@@]1(n2cnc3c(NC(N)=O)ncnc32)O[C@H](CO)[C@@H](O)[C@H]1O. The number of aliphatic hydroxyl groups is 3. The van der Waals surface area contributed by atoms with Gasteiger partial charge >= 0.3 is 6.03 Å². The van der Waals surface area contributed by atoms with Crippen LogP contribution in [0.15, 0.2) is 12.7 Å². The van der Waals surface area contributed by atoms with E-state index in [1.165, 1.54) is 0 Å². The Morgan fingerprint density at radius 3 is 2.68 bits per heavy atom. The van der Waals surface area contributed by atoms with Gasteiger partial charge in [-0.1, -0.05) is 0 Å². The van der Waals surface area contributed by atoms with Crippen LogP contribution in [0.3, 0.4) is 0 Å². The second-order valence-electron chi connectivity index (χ2n) is 5.53. The third-order valence-electron chi connectivity index (χ3n) is 4.05. The van der Waals surface area contributed by atoms with Crippen LogP contribution in [0.25, 0.3) is 11.2 Å². The summed E-state index contributed by atoms with van der Waals surface area (Å²) in [5, 5.41) is 32.1. The van der Waals surface area contributed by atoms with E-state index in [0.717, 1.165) is 24.1 Å². The molecule has 1 fully saturated rings. The number of Topliss-reactive ketones (excluding diaryl/α,β-unsaturated/α-hetero) is 1. The minimum Gasteiger partial charge on any atom is -0.394 e. The Morgan fingerprint density at radius 2 is 2.12 bits per heavy atom. The lowest BCUT2D eigenvalue weighted by atomic mass is 9.99. The highest BCUT2D eigenvalue weighted by Gasteiger charge is 2.59. The fourth-order valence-electron chi connectivity index (χ4n) is 2.90. The number of nitrogens with one attached hydrogen (secondary N) is 1. The van der Waals surface area contributed by atoms with Crippen molar-refractivity contribution in [2.75, 3.05) is 11.9 Å². The highest BCUT2D eigenvalue weighted by molar-refractivity contribution is 5.95. The number of imidazole rings is 1. The van der Waals surface area contributed by atoms with E-state index in [4.69, 9.17) is 10.5 Å². The lowest BCUT2D eigenvalue weighted by Gasteiger charge is -2.30. The van der Waals surface area contributed by atoms with Crippen molar-refractivity contribution >= 4 is 28.8 Å². The molecule has 25 heavy (non-hydrogen) atoms. The summed E-state index contributed by atoms with van der Waals surface area (Å²) in [4.78, 5) is 35.3. The van der Waals surface area contributed by atoms with E-state index in [0.29, 0.717) is 0 Å². The molecule has 0 saturated carbocycles. The van der Waals surface area contributed by atoms with Crippen molar-refractivity contribution in [1.82, 2.24) is 19.5 Å². The average molecular weight is 352 g/mol. The second-order valence-corrected chi connectivity index (χ2v) is 5.53. The number of carbonyl (C=O) groups is 2. The molecule has 134 valence electrons. The molecule has 1 aliphatic heterocycles. The molecule has 3 heterocycles. The van der Waals surface area contributed by atoms with Gasteiger partial charge in [0.15, 0.2) is 22.8 Å². The van der Waals surface area contributed by atoms with Crippen LogP contribution in [-0.2, 0) is 15.3 Å². The number of primary amides is 1. The topological polar surface area (TPSA) is 186 Å². The van der Waals surface area contributed by atoms with E-state index in [1.807, 2.05) is 0 Å². The molecule has 2 aromatic rings. The van der Waals surface area contributed by atoms with Gasteiger partial charge < -0.3 is 25.8 Å². The molecule has 1 saturated heterocycles. The van der Waals surface area contributed by atoms with Crippen LogP contribution in [0.5, 0.6) is 0 Å². The number of hydrogen-bond donors (Lipinski definition) is 5. The Labute approximate surface area is 140 Å². The molecule has 1 aliphatic rings. The second kappa shape index (κ2) is 6.00. The minimum atomic E-state index is -2.04. The number of nitrogens with zero attached hydrogens (tertiary/aromatic N) is 4. The van der Waals surface area contributed by atoms with Crippen molar-refractivity contribution in [3.8, 4) is 0 Å². The van der Waals surface area contributed by atoms with Crippen molar-refractivity contribution in [3.63, 3.8) is 0 Å². The monoisotopic (exact) mass is 352 g/mol. The van der Waals surface area contributed by atoms with Gasteiger partial charge in [-0.3, -0.25) is 14.7 Å². The zero-order valence-electron chi connectivity index (χ0n) is 13.0. The number of aromatic nitrogens is 4. The maximum absolute atomic E-state index is 12.3. The number of anilines is 1. The summed E-state index contributed by atoms with van der Waals surface area (Å²) in [7, 11) is 0. The zero-order chi connectivity index (χ0) is 18.4. The van der Waals surface area contributed by atoms with Crippen LogP contribution in [0.1, 0.15) is 6.92 Å². The van der Waals surface area contributed by atoms with Crippen LogP contribution < -0.4 is 11.1 Å². The van der Waals surface area contributed by atoms with Gasteiger partial charge in [-0.05, 0) is 6.92 Å². The van der Waals surface area contributed by atoms with E-state index in [9.17, 15) is 24.9 Å². The summed E-state index contributed by atoms with van der Waals surface area (Å²) in [6, 6.07) is -0.872. The third-order valence-corrected chi connectivity index (χ3v) is 4.05. The summed E-state index contributed by atoms with van der Waals surface area (Å²) in [5.41, 5.74) is 3.18. The summed E-state index contributed by atoms with van der Waals surface area (Å²) in [5.74, 6) is -0.640. The van der Waals surface area contributed by atoms with Gasteiger partial charge in [0.1, 0.15) is 31.0 Å². The highest BCUT2D eigenvalue weighted by atomic mass is 16.6. The van der Waals surface area contributed by atoms with E-state index in [-0.39, 0.29) is 17.0 Å². The molecule has 2 amide bonds. The van der Waals surface area contributed by atoms with Crippen LogP contribution in [0.2, 0.25) is 0 Å². The van der Waals surface area contributed by atoms with E-state index in [1.54, 1.807) is 0 Å². The molecule has 0 aromatic carbocycles. The summed E-state index contributed by atoms with van der Waals surface area (Å²) in [6.45, 7) is 0.550. The predicted octanol–water partition coefficient (Wildman–Crippen LogP) is -2.33. The van der Waals surface area contributed by atoms with Crippen molar-refractivity contribution < 1.29 is 29.6 Å². The van der Waals surface area contributed by atoms with Crippen molar-refractivity contribution in [2.45, 2.75) is 31.0 Å². The molecule has 0 radical (unpaired) electrons. The first-order valence-electron chi connectivity index (χ1n) is 7.23. The van der Waals surface area contributed by atoms with Crippen LogP contribution >= 0.6 is 0 Å². The zero-order valence-corrected chi connectivity index (χ0v) is 13.0. The highest BCUT2D eigenvalue weighted by Crippen LogP contribution is 2.38. The van der Waals surface area contributed by atoms with Crippen molar-refractivity contribution in [1.29, 1.82) is 0 Å². The van der Waals surface area contributed by atoms with Crippen LogP contribution in [0.4, 0.5) is 10.6 Å². The predicted molar refractivity (Wildman–Crippen MR) is 81.2 cm³/mol. The standard InChI is InChI=1S/C13H16N6O6/c1-5(21)13(9(23)8(22)6(2-20)25-13)19-4-17-7-10(18-12(14)24)15-3-16-11(7)19/h3-4,6,8-9,20,22-23H,2H2,1H3,(H3,14,15,16,18,24)/t6-,8-,9-,13-/m1/s1. The Morgan fingerprint density at radius 1 is 1.40 bits per heavy atom. The molecule has 4 atom stereocenters. The maximum Gasteiger partial charge on any atom is 0.317 e. The van der Waals surface area contributed by atoms with E-state index in [2.05, 4.69) is 20.3 Å². The summed E-state index contributed by atoms with van der Waals surface area (Å²) in [6.07, 6.45) is -2.11. The Balaban J connectivity index is 2.19. The molecule has 0 spiro atoms. The largest absolute Gasteiger partial charge is 0.394 e. The lowest BCUT2D eigenvalue weighted by molar-refractivity contribution is -0.171. The first-order valence-corrected chi connectivity index (χ1v) is 7.23. The number of aliphatic hydroxyl groups excluding tert-OH is 3.